The van der Waals surface area contributed by atoms with Gasteiger partial charge in [0.1, 0.15) is 11.4 Å². The van der Waals surface area contributed by atoms with E-state index in [1.54, 1.807) is 13.0 Å². The minimum absolute atomic E-state index is 0.0161. The third-order valence-electron chi connectivity index (χ3n) is 4.94. The molecule has 1 aromatic carbocycles. The third kappa shape index (κ3) is 2.68. The number of hydrogen-bond donors (Lipinski definition) is 0. The molecule has 0 spiro atoms. The van der Waals surface area contributed by atoms with Crippen molar-refractivity contribution in [3.05, 3.63) is 33.7 Å². The average molecular weight is 377 g/mol. The maximum atomic E-state index is 14.8. The fraction of sp³-hybridized carbons (Fsp3) is 0.444. The predicted octanol–water partition coefficient (Wildman–Crippen LogP) is 2.13. The second-order valence-corrected chi connectivity index (χ2v) is 7.48. The van der Waals surface area contributed by atoms with E-state index < -0.39 is 17.2 Å². The van der Waals surface area contributed by atoms with Crippen molar-refractivity contribution in [1.29, 1.82) is 0 Å². The van der Waals surface area contributed by atoms with E-state index in [1.165, 1.54) is 17.8 Å². The monoisotopic (exact) mass is 377 g/mol. The molecule has 8 heteroatoms. The number of piperazine rings is 1. The molecule has 0 radical (unpaired) electrons. The van der Waals surface area contributed by atoms with Crippen molar-refractivity contribution >= 4 is 34.3 Å². The van der Waals surface area contributed by atoms with Crippen LogP contribution in [0.1, 0.15) is 17.3 Å². The Morgan fingerprint density at radius 3 is 2.62 bits per heavy atom. The molecular weight excluding hydrogens is 357 g/mol. The molecule has 0 unspecified atom stereocenters. The Bertz CT molecular complexity index is 951. The van der Waals surface area contributed by atoms with Crippen LogP contribution in [0, 0.1) is 5.82 Å². The Labute approximate surface area is 154 Å². The van der Waals surface area contributed by atoms with Gasteiger partial charge in [0, 0.05) is 31.6 Å². The summed E-state index contributed by atoms with van der Waals surface area (Å²) in [5.74, 6) is -0.438. The van der Waals surface area contributed by atoms with Crippen molar-refractivity contribution in [1.82, 2.24) is 9.47 Å². The molecule has 0 aliphatic carbocycles. The Kier molecular flexibility index (Phi) is 4.40. The van der Waals surface area contributed by atoms with E-state index >= 15 is 0 Å². The first-order valence-electron chi connectivity index (χ1n) is 8.64. The van der Waals surface area contributed by atoms with Crippen molar-refractivity contribution in [2.45, 2.75) is 17.8 Å². The van der Waals surface area contributed by atoms with Crippen molar-refractivity contribution in [2.24, 2.45) is 0 Å². The zero-order valence-electron chi connectivity index (χ0n) is 14.7. The minimum Gasteiger partial charge on any atom is -0.462 e. The van der Waals surface area contributed by atoms with Gasteiger partial charge in [-0.3, -0.25) is 4.79 Å². The Morgan fingerprint density at radius 1 is 1.27 bits per heavy atom. The number of esters is 1. The summed E-state index contributed by atoms with van der Waals surface area (Å²) in [4.78, 5) is 29.2. The summed E-state index contributed by atoms with van der Waals surface area (Å²) in [6.07, 6.45) is 0. The Balaban J connectivity index is 1.85. The predicted molar refractivity (Wildman–Crippen MR) is 99.7 cm³/mol. The quantitative estimate of drug-likeness (QED) is 0.764. The molecule has 138 valence electrons. The molecule has 0 bridgehead atoms. The number of nitrogens with zero attached hydrogens (tertiary/aromatic N) is 3. The number of pyridine rings is 1. The Hall–Kier alpha value is -2.06. The van der Waals surface area contributed by atoms with Crippen molar-refractivity contribution in [3.63, 3.8) is 0 Å². The molecule has 26 heavy (non-hydrogen) atoms. The molecule has 2 aliphatic heterocycles. The van der Waals surface area contributed by atoms with Gasteiger partial charge in [0.25, 0.3) is 0 Å². The molecule has 0 atom stereocenters. The summed E-state index contributed by atoms with van der Waals surface area (Å²) in [6, 6.07) is 3.01. The zero-order chi connectivity index (χ0) is 18.4. The first-order valence-corrected chi connectivity index (χ1v) is 9.63. The van der Waals surface area contributed by atoms with Gasteiger partial charge in [0.2, 0.25) is 5.43 Å². The molecule has 4 rings (SSSR count). The van der Waals surface area contributed by atoms with Crippen molar-refractivity contribution in [2.75, 3.05) is 44.7 Å². The molecule has 1 fully saturated rings. The summed E-state index contributed by atoms with van der Waals surface area (Å²) >= 11 is 1.43. The number of rotatable bonds is 3. The number of hydrogen-bond acceptors (Lipinski definition) is 6. The lowest BCUT2D eigenvalue weighted by Crippen LogP contribution is -2.44. The van der Waals surface area contributed by atoms with E-state index in [-0.39, 0.29) is 17.6 Å². The lowest BCUT2D eigenvalue weighted by atomic mass is 10.1. The number of carbonyl (C=O) groups is 1. The molecule has 0 amide bonds. The molecule has 1 saturated heterocycles. The molecule has 2 aromatic rings. The fourth-order valence-corrected chi connectivity index (χ4v) is 4.39. The number of anilines is 1. The van der Waals surface area contributed by atoms with Crippen LogP contribution in [0.5, 0.6) is 0 Å². The zero-order valence-corrected chi connectivity index (χ0v) is 15.6. The van der Waals surface area contributed by atoms with Gasteiger partial charge in [-0.1, -0.05) is 11.8 Å². The summed E-state index contributed by atoms with van der Waals surface area (Å²) in [6.45, 7) is 5.10. The summed E-state index contributed by atoms with van der Waals surface area (Å²) in [5.41, 5.74) is 0.746. The highest BCUT2D eigenvalue weighted by Gasteiger charge is 2.30. The molecular formula is C18H20FN3O3S. The van der Waals surface area contributed by atoms with Gasteiger partial charge in [-0.15, -0.1) is 0 Å². The number of carbonyl (C=O) groups excluding carboxylic acids is 1. The van der Waals surface area contributed by atoms with Gasteiger partial charge in [0.05, 0.1) is 28.7 Å². The molecule has 2 aliphatic rings. The highest BCUT2D eigenvalue weighted by Crippen LogP contribution is 2.38. The van der Waals surface area contributed by atoms with Gasteiger partial charge >= 0.3 is 5.97 Å². The number of fused-ring (bicyclic) bond motifs is 3. The van der Waals surface area contributed by atoms with Crippen LogP contribution in [-0.2, 0) is 10.6 Å². The summed E-state index contributed by atoms with van der Waals surface area (Å²) in [7, 11) is 2.05. The van der Waals surface area contributed by atoms with Crippen LogP contribution >= 0.6 is 11.8 Å². The molecule has 0 N–H and O–H groups in total. The first kappa shape index (κ1) is 17.4. The normalized spacial score (nSPS) is 17.1. The number of likely N-dealkylation sites (N-methyl/N-ethyl adjacent to an activating group) is 1. The molecule has 0 saturated carbocycles. The molecule has 6 nitrogen and oxygen atoms in total. The number of thioether (sulfide) groups is 1. The van der Waals surface area contributed by atoms with Crippen LogP contribution in [0.4, 0.5) is 10.1 Å². The van der Waals surface area contributed by atoms with Gasteiger partial charge in [-0.2, -0.15) is 0 Å². The molecule has 3 heterocycles. The highest BCUT2D eigenvalue weighted by molar-refractivity contribution is 7.99. The average Bonchev–Trinajstić information content (AvgIpc) is 2.59. The van der Waals surface area contributed by atoms with Crippen LogP contribution in [0.15, 0.2) is 22.0 Å². The number of aromatic nitrogens is 1. The van der Waals surface area contributed by atoms with Crippen LogP contribution in [-0.4, -0.2) is 55.3 Å². The standard InChI is InChI=1S/C18H20FN3O3S/c1-3-25-18(24)15-16(23)11-8-12(19)14(21-6-4-20(2)5-7-21)9-13(11)22-10-26-17(15)22/h8-9H,3-7,10H2,1-2H3. The van der Waals surface area contributed by atoms with Gasteiger partial charge < -0.3 is 19.1 Å². The van der Waals surface area contributed by atoms with Crippen LogP contribution in [0.25, 0.3) is 10.9 Å². The highest BCUT2D eigenvalue weighted by atomic mass is 32.2. The van der Waals surface area contributed by atoms with Gasteiger partial charge in [0.15, 0.2) is 0 Å². The number of benzene rings is 1. The van der Waals surface area contributed by atoms with Crippen molar-refractivity contribution < 1.29 is 13.9 Å². The van der Waals surface area contributed by atoms with E-state index in [4.69, 9.17) is 4.74 Å². The van der Waals surface area contributed by atoms with Crippen LogP contribution in [0.3, 0.4) is 0 Å². The fourth-order valence-electron chi connectivity index (χ4n) is 3.44. The van der Waals surface area contributed by atoms with E-state index in [9.17, 15) is 14.0 Å². The molecule has 1 aromatic heterocycles. The second-order valence-electron chi connectivity index (χ2n) is 6.54. The van der Waals surface area contributed by atoms with E-state index in [0.29, 0.717) is 22.1 Å². The largest absolute Gasteiger partial charge is 0.462 e. The Morgan fingerprint density at radius 2 is 2.00 bits per heavy atom. The summed E-state index contributed by atoms with van der Waals surface area (Å²) in [5, 5.41) is 0.837. The minimum atomic E-state index is -0.640. The SMILES string of the molecule is CCOC(=O)c1c2n(c3cc(N4CCN(C)CC4)c(F)cc3c1=O)CS2. The number of ether oxygens (including phenoxy) is 1. The smallest absolute Gasteiger partial charge is 0.344 e. The van der Waals surface area contributed by atoms with Crippen molar-refractivity contribution in [3.8, 4) is 0 Å². The maximum absolute atomic E-state index is 14.8. The third-order valence-corrected chi connectivity index (χ3v) is 6.03. The van der Waals surface area contributed by atoms with E-state index in [0.717, 1.165) is 26.2 Å². The number of halogens is 1. The topological polar surface area (TPSA) is 54.8 Å². The first-order chi connectivity index (χ1) is 12.5. The van der Waals surface area contributed by atoms with Crippen LogP contribution in [0.2, 0.25) is 0 Å². The second kappa shape index (κ2) is 6.59. The lowest BCUT2D eigenvalue weighted by molar-refractivity contribution is 0.0518. The van der Waals surface area contributed by atoms with E-state index in [1.807, 2.05) is 16.5 Å². The van der Waals surface area contributed by atoms with Gasteiger partial charge in [-0.05, 0) is 26.1 Å². The van der Waals surface area contributed by atoms with Gasteiger partial charge in [-0.25, -0.2) is 9.18 Å². The maximum Gasteiger partial charge on any atom is 0.344 e. The lowest BCUT2D eigenvalue weighted by Gasteiger charge is -2.34. The van der Waals surface area contributed by atoms with Crippen LogP contribution < -0.4 is 10.3 Å². The van der Waals surface area contributed by atoms with E-state index in [2.05, 4.69) is 4.90 Å². The summed E-state index contributed by atoms with van der Waals surface area (Å²) < 4.78 is 21.7.